The Morgan fingerprint density at radius 2 is 1.79 bits per heavy atom. The molecule has 1 aromatic carbocycles. The molecule has 2 aromatic rings. The second-order valence-electron chi connectivity index (χ2n) is 9.41. The number of piperidine rings is 1. The molecule has 0 bridgehead atoms. The number of rotatable bonds is 5. The summed E-state index contributed by atoms with van der Waals surface area (Å²) >= 11 is 12.4. The number of nitrogen functional groups attached to an aromatic ring is 1. The van der Waals surface area contributed by atoms with Crippen molar-refractivity contribution in [3.8, 4) is 0 Å². The molecule has 0 aliphatic carbocycles. The van der Waals surface area contributed by atoms with Crippen LogP contribution in [0.25, 0.3) is 0 Å². The number of nitrogens with two attached hydrogens (primary N) is 2. The first kappa shape index (κ1) is 27.9. The zero-order valence-electron chi connectivity index (χ0n) is 21.5. The molecule has 1 atom stereocenters. The van der Waals surface area contributed by atoms with Gasteiger partial charge < -0.3 is 21.3 Å². The van der Waals surface area contributed by atoms with Gasteiger partial charge in [0.2, 0.25) is 0 Å². The average Bonchev–Trinajstić information content (AvgIpc) is 2.93. The summed E-state index contributed by atoms with van der Waals surface area (Å²) in [4.78, 5) is 44.1. The predicted octanol–water partition coefficient (Wildman–Crippen LogP) is 2.25. The van der Waals surface area contributed by atoms with Gasteiger partial charge in [-0.05, 0) is 43.5 Å². The van der Waals surface area contributed by atoms with Crippen LogP contribution in [0.5, 0.6) is 0 Å². The molecule has 2 amide bonds. The van der Waals surface area contributed by atoms with Gasteiger partial charge >= 0.3 is 0 Å². The Hall–Kier alpha value is -3.15. The zero-order chi connectivity index (χ0) is 27.4. The van der Waals surface area contributed by atoms with Crippen LogP contribution in [-0.2, 0) is 0 Å². The maximum Gasteiger partial charge on any atom is 0.280 e. The van der Waals surface area contributed by atoms with Gasteiger partial charge in [-0.15, -0.1) is 0 Å². The smallest absolute Gasteiger partial charge is 0.280 e. The van der Waals surface area contributed by atoms with Crippen molar-refractivity contribution in [2.24, 2.45) is 10.7 Å². The second-order valence-corrected chi connectivity index (χ2v) is 10.2. The molecule has 2 aliphatic heterocycles. The van der Waals surface area contributed by atoms with Crippen LogP contribution in [0.15, 0.2) is 29.3 Å². The highest BCUT2D eigenvalue weighted by Crippen LogP contribution is 2.30. The van der Waals surface area contributed by atoms with Gasteiger partial charge in [0.15, 0.2) is 28.4 Å². The molecule has 0 radical (unpaired) electrons. The van der Waals surface area contributed by atoms with Gasteiger partial charge in [-0.1, -0.05) is 30.1 Å². The molecular weight excluding hydrogens is 529 g/mol. The highest BCUT2D eigenvalue weighted by atomic mass is 35.5. The van der Waals surface area contributed by atoms with Gasteiger partial charge in [-0.3, -0.25) is 24.8 Å². The molecule has 204 valence electrons. The molecule has 5 N–H and O–H groups in total. The van der Waals surface area contributed by atoms with Crippen molar-refractivity contribution < 1.29 is 9.59 Å². The predicted molar refractivity (Wildman–Crippen MR) is 150 cm³/mol. The first-order chi connectivity index (χ1) is 18.2. The molecule has 13 heteroatoms. The second kappa shape index (κ2) is 12.1. The summed E-state index contributed by atoms with van der Waals surface area (Å²) in [6.07, 6.45) is 2.77. The normalized spacial score (nSPS) is 19.5. The number of hydrogen-bond acceptors (Lipinski definition) is 8. The van der Waals surface area contributed by atoms with Crippen LogP contribution in [0, 0.1) is 0 Å². The van der Waals surface area contributed by atoms with E-state index in [-0.39, 0.29) is 34.6 Å². The van der Waals surface area contributed by atoms with Gasteiger partial charge in [0.25, 0.3) is 11.8 Å². The van der Waals surface area contributed by atoms with Crippen LogP contribution in [0.3, 0.4) is 0 Å². The topological polar surface area (TPSA) is 146 Å². The summed E-state index contributed by atoms with van der Waals surface area (Å²) in [5.74, 6) is -0.204. The van der Waals surface area contributed by atoms with Crippen molar-refractivity contribution in [1.29, 1.82) is 0 Å². The summed E-state index contributed by atoms with van der Waals surface area (Å²) in [6.45, 7) is 5.80. The Balaban J connectivity index is 1.39. The number of aliphatic imine (C=N–C) groups is 1. The average molecular weight is 563 g/mol. The fourth-order valence-corrected chi connectivity index (χ4v) is 5.47. The number of likely N-dealkylation sites (tertiary alicyclic amines) is 1. The third-order valence-electron chi connectivity index (χ3n) is 7.17. The van der Waals surface area contributed by atoms with E-state index in [9.17, 15) is 9.59 Å². The molecule has 38 heavy (non-hydrogen) atoms. The number of nitrogens with zero attached hydrogens (tertiary/aromatic N) is 6. The van der Waals surface area contributed by atoms with Crippen LogP contribution < -0.4 is 21.7 Å². The van der Waals surface area contributed by atoms with Gasteiger partial charge in [0.05, 0.1) is 0 Å². The lowest BCUT2D eigenvalue weighted by molar-refractivity contribution is 0.0490. The molecule has 4 rings (SSSR count). The summed E-state index contributed by atoms with van der Waals surface area (Å²) in [7, 11) is 1.45. The number of halogens is 2. The lowest BCUT2D eigenvalue weighted by Gasteiger charge is -2.47. The number of piperazine rings is 1. The van der Waals surface area contributed by atoms with E-state index in [4.69, 9.17) is 34.7 Å². The highest BCUT2D eigenvalue weighted by Gasteiger charge is 2.35. The molecule has 11 nitrogen and oxygen atoms in total. The fourth-order valence-electron chi connectivity index (χ4n) is 5.10. The van der Waals surface area contributed by atoms with Crippen molar-refractivity contribution in [3.63, 3.8) is 0 Å². The number of carbonyl (C=O) groups excluding carboxylic acids is 2. The summed E-state index contributed by atoms with van der Waals surface area (Å²) in [5, 5.41) is 3.11. The molecule has 0 unspecified atom stereocenters. The molecule has 2 aliphatic rings. The first-order valence-corrected chi connectivity index (χ1v) is 13.4. The maximum atomic E-state index is 12.9. The Labute approximate surface area is 232 Å². The third-order valence-corrected chi connectivity index (χ3v) is 7.68. The van der Waals surface area contributed by atoms with E-state index in [0.29, 0.717) is 48.6 Å². The number of guanidine groups is 1. The first-order valence-electron chi connectivity index (χ1n) is 12.6. The number of amides is 2. The van der Waals surface area contributed by atoms with Crippen molar-refractivity contribution in [3.05, 3.63) is 45.7 Å². The minimum absolute atomic E-state index is 0.0287. The molecule has 2 fully saturated rings. The van der Waals surface area contributed by atoms with Crippen LogP contribution in [0.4, 0.5) is 11.6 Å². The highest BCUT2D eigenvalue weighted by molar-refractivity contribution is 6.32. The standard InChI is InChI=1S/C25H33Cl2N9O2/c1-3-17-14-35(22-20(27)31-19(21(28)32-22)23(37)33-25(29)30-2)12-13-36(17)18-8-10-34(11-9-18)24(38)15-4-6-16(26)7-5-15/h4-7,17-18H,3,8-14H2,1-2H3,(H2,28,32)(H3,29,30,33,37)/t17-/m0/s1. The third kappa shape index (κ3) is 6.11. The molecule has 0 saturated carbocycles. The number of nitrogens with one attached hydrogen (secondary N) is 1. The molecule has 0 spiro atoms. The van der Waals surface area contributed by atoms with E-state index in [0.717, 1.165) is 25.8 Å². The maximum absolute atomic E-state index is 12.9. The van der Waals surface area contributed by atoms with Crippen LogP contribution in [0.1, 0.15) is 47.0 Å². The summed E-state index contributed by atoms with van der Waals surface area (Å²) in [6, 6.07) is 7.71. The van der Waals surface area contributed by atoms with Gasteiger partial charge in [-0.25, -0.2) is 9.97 Å². The summed E-state index contributed by atoms with van der Waals surface area (Å²) in [5.41, 5.74) is 12.2. The lowest BCUT2D eigenvalue weighted by Crippen LogP contribution is -2.58. The van der Waals surface area contributed by atoms with Crippen molar-refractivity contribution >= 4 is 52.6 Å². The van der Waals surface area contributed by atoms with Gasteiger partial charge in [0.1, 0.15) is 0 Å². The number of hydrogen-bond donors (Lipinski definition) is 3. The van der Waals surface area contributed by atoms with Crippen molar-refractivity contribution in [1.82, 2.24) is 25.1 Å². The minimum Gasteiger partial charge on any atom is -0.382 e. The Morgan fingerprint density at radius 1 is 1.11 bits per heavy atom. The SMILES string of the molecule is CC[C@H]1CN(c2nc(N)c(C(=O)NC(N)=NC)nc2Cl)CCN1C1CCN(C(=O)c2ccc(Cl)cc2)CC1. The van der Waals surface area contributed by atoms with E-state index in [1.54, 1.807) is 24.3 Å². The zero-order valence-corrected chi connectivity index (χ0v) is 23.0. The monoisotopic (exact) mass is 561 g/mol. The van der Waals surface area contributed by atoms with E-state index in [1.165, 1.54) is 7.05 Å². The van der Waals surface area contributed by atoms with E-state index >= 15 is 0 Å². The van der Waals surface area contributed by atoms with Gasteiger partial charge in [-0.2, -0.15) is 0 Å². The molecule has 1 aromatic heterocycles. The quantitative estimate of drug-likeness (QED) is 0.372. The van der Waals surface area contributed by atoms with Crippen LogP contribution >= 0.6 is 23.2 Å². The Morgan fingerprint density at radius 3 is 2.42 bits per heavy atom. The van der Waals surface area contributed by atoms with E-state index in [2.05, 4.69) is 37.0 Å². The fraction of sp³-hybridized carbons (Fsp3) is 0.480. The Bertz CT molecular complexity index is 1200. The van der Waals surface area contributed by atoms with E-state index in [1.807, 2.05) is 4.90 Å². The number of anilines is 2. The summed E-state index contributed by atoms with van der Waals surface area (Å²) < 4.78 is 0. The van der Waals surface area contributed by atoms with Gasteiger partial charge in [0, 0.05) is 62.4 Å². The van der Waals surface area contributed by atoms with Crippen LogP contribution in [-0.4, -0.2) is 89.4 Å². The number of carbonyl (C=O) groups is 2. The minimum atomic E-state index is -0.622. The number of aromatic nitrogens is 2. The van der Waals surface area contributed by atoms with E-state index < -0.39 is 5.91 Å². The molecule has 2 saturated heterocycles. The molecular formula is C25H33Cl2N9O2. The van der Waals surface area contributed by atoms with Crippen LogP contribution in [0.2, 0.25) is 10.2 Å². The largest absolute Gasteiger partial charge is 0.382 e. The van der Waals surface area contributed by atoms with Crippen molar-refractivity contribution in [2.45, 2.75) is 38.3 Å². The molecule has 3 heterocycles. The Kier molecular flexibility index (Phi) is 8.91. The lowest BCUT2D eigenvalue weighted by atomic mass is 9.97. The number of benzene rings is 1. The van der Waals surface area contributed by atoms with Crippen molar-refractivity contribution in [2.75, 3.05) is 50.4 Å².